The zero-order chi connectivity index (χ0) is 11.1. The molecule has 0 radical (unpaired) electrons. The number of nitrogens with zero attached hydrogens (tertiary/aromatic N) is 1. The van der Waals surface area contributed by atoms with E-state index in [2.05, 4.69) is 4.98 Å². The van der Waals surface area contributed by atoms with Gasteiger partial charge < -0.3 is 5.73 Å². The second-order valence-electron chi connectivity index (χ2n) is 3.82. The van der Waals surface area contributed by atoms with E-state index in [0.717, 1.165) is 0 Å². The third-order valence-electron chi connectivity index (χ3n) is 2.88. The molecule has 0 bridgehead atoms. The van der Waals surface area contributed by atoms with E-state index in [1.54, 1.807) is 6.07 Å². The van der Waals surface area contributed by atoms with E-state index in [0.29, 0.717) is 5.69 Å². The van der Waals surface area contributed by atoms with Gasteiger partial charge in [-0.1, -0.05) is 6.07 Å². The van der Waals surface area contributed by atoms with Gasteiger partial charge >= 0.3 is 6.18 Å². The molecule has 0 saturated heterocycles. The van der Waals surface area contributed by atoms with Crippen LogP contribution in [0.5, 0.6) is 0 Å². The number of hydrogen-bond donors (Lipinski definition) is 1. The Kier molecular flexibility index (Phi) is 5.25. The highest BCUT2D eigenvalue weighted by atomic mass is 35.5. The normalized spacial score (nSPS) is 16.7. The lowest BCUT2D eigenvalue weighted by Crippen LogP contribution is -2.28. The minimum Gasteiger partial charge on any atom is -0.325 e. The average molecular weight is 289 g/mol. The molecular weight excluding hydrogens is 276 g/mol. The summed E-state index contributed by atoms with van der Waals surface area (Å²) in [5.74, 6) is 0. The Morgan fingerprint density at radius 3 is 2.12 bits per heavy atom. The largest absolute Gasteiger partial charge is 0.398 e. The molecule has 1 fully saturated rings. The molecule has 1 aliphatic carbocycles. The fraction of sp³-hybridized carbons (Fsp3) is 0.500. The summed E-state index contributed by atoms with van der Waals surface area (Å²) in [6.45, 7) is 0.249. The monoisotopic (exact) mass is 288 g/mol. The van der Waals surface area contributed by atoms with Crippen molar-refractivity contribution in [1.82, 2.24) is 4.98 Å². The lowest BCUT2D eigenvalue weighted by molar-refractivity contribution is -0.160. The minimum absolute atomic E-state index is 0. The maximum absolute atomic E-state index is 12.7. The summed E-state index contributed by atoms with van der Waals surface area (Å²) in [5.41, 5.74) is 4.56. The van der Waals surface area contributed by atoms with E-state index in [1.807, 2.05) is 0 Å². The van der Waals surface area contributed by atoms with Crippen LogP contribution in [0.15, 0.2) is 18.3 Å². The number of alkyl halides is 3. The number of rotatable bonds is 2. The fourth-order valence-corrected chi connectivity index (χ4v) is 1.69. The van der Waals surface area contributed by atoms with Gasteiger partial charge in [0.05, 0.1) is 11.1 Å². The second kappa shape index (κ2) is 5.42. The Labute approximate surface area is 110 Å². The molecule has 0 spiro atoms. The molecule has 1 aromatic heterocycles. The zero-order valence-corrected chi connectivity index (χ0v) is 10.5. The standard InChI is InChI=1S/C10H11F3N2.2ClH/c11-10(12,13)9(3-4-9)7-1-2-8(5-14)15-6-7;;/h1-2,6H,3-5,14H2;2*1H. The van der Waals surface area contributed by atoms with Crippen molar-refractivity contribution in [1.29, 1.82) is 0 Å². The summed E-state index contributed by atoms with van der Waals surface area (Å²) < 4.78 is 38.1. The van der Waals surface area contributed by atoms with Crippen LogP contribution in [0.25, 0.3) is 0 Å². The zero-order valence-electron chi connectivity index (χ0n) is 8.83. The average Bonchev–Trinajstić information content (AvgIpc) is 2.98. The van der Waals surface area contributed by atoms with Gasteiger partial charge in [-0.05, 0) is 24.5 Å². The van der Waals surface area contributed by atoms with Crippen molar-refractivity contribution >= 4 is 24.8 Å². The van der Waals surface area contributed by atoms with Gasteiger partial charge in [0.2, 0.25) is 0 Å². The molecule has 1 heterocycles. The van der Waals surface area contributed by atoms with Crippen LogP contribution in [-0.2, 0) is 12.0 Å². The molecule has 1 saturated carbocycles. The Balaban J connectivity index is 0.00000128. The first kappa shape index (κ1) is 16.5. The maximum atomic E-state index is 12.7. The van der Waals surface area contributed by atoms with E-state index in [-0.39, 0.29) is 49.8 Å². The smallest absolute Gasteiger partial charge is 0.325 e. The Morgan fingerprint density at radius 1 is 1.24 bits per heavy atom. The lowest BCUT2D eigenvalue weighted by atomic mass is 9.97. The number of halogens is 5. The van der Waals surface area contributed by atoms with Crippen molar-refractivity contribution < 1.29 is 13.2 Å². The van der Waals surface area contributed by atoms with Crippen LogP contribution < -0.4 is 5.73 Å². The van der Waals surface area contributed by atoms with Crippen LogP contribution in [-0.4, -0.2) is 11.2 Å². The van der Waals surface area contributed by atoms with Gasteiger partial charge in [-0.2, -0.15) is 13.2 Å². The van der Waals surface area contributed by atoms with E-state index in [4.69, 9.17) is 5.73 Å². The Morgan fingerprint density at radius 2 is 1.82 bits per heavy atom. The molecule has 0 aliphatic heterocycles. The van der Waals surface area contributed by atoms with Gasteiger partial charge in [-0.25, -0.2) is 0 Å². The molecule has 2 rings (SSSR count). The third kappa shape index (κ3) is 2.84. The maximum Gasteiger partial charge on any atom is 0.398 e. The Bertz CT molecular complexity index is 361. The topological polar surface area (TPSA) is 38.9 Å². The summed E-state index contributed by atoms with van der Waals surface area (Å²) >= 11 is 0. The number of hydrogen-bond acceptors (Lipinski definition) is 2. The van der Waals surface area contributed by atoms with Crippen molar-refractivity contribution in [3.8, 4) is 0 Å². The second-order valence-corrected chi connectivity index (χ2v) is 3.82. The van der Waals surface area contributed by atoms with Crippen LogP contribution in [0.2, 0.25) is 0 Å². The van der Waals surface area contributed by atoms with E-state index >= 15 is 0 Å². The molecule has 1 aliphatic rings. The first-order chi connectivity index (χ1) is 6.99. The first-order valence-corrected chi connectivity index (χ1v) is 4.72. The lowest BCUT2D eigenvalue weighted by Gasteiger charge is -2.19. The van der Waals surface area contributed by atoms with Gasteiger partial charge in [0.15, 0.2) is 0 Å². The van der Waals surface area contributed by atoms with Gasteiger partial charge in [0, 0.05) is 12.7 Å². The molecule has 2 nitrogen and oxygen atoms in total. The van der Waals surface area contributed by atoms with Crippen molar-refractivity contribution in [3.63, 3.8) is 0 Å². The Hall–Kier alpha value is -0.520. The highest BCUT2D eigenvalue weighted by Crippen LogP contribution is 2.58. The molecule has 7 heteroatoms. The predicted octanol–water partition coefficient (Wildman–Crippen LogP) is 2.98. The number of pyridine rings is 1. The summed E-state index contributed by atoms with van der Waals surface area (Å²) in [6, 6.07) is 3.04. The molecule has 17 heavy (non-hydrogen) atoms. The molecule has 1 aromatic rings. The van der Waals surface area contributed by atoms with Gasteiger partial charge in [-0.3, -0.25) is 4.98 Å². The van der Waals surface area contributed by atoms with E-state index in [1.165, 1.54) is 12.3 Å². The number of nitrogens with two attached hydrogens (primary N) is 1. The molecule has 0 aromatic carbocycles. The van der Waals surface area contributed by atoms with Gasteiger partial charge in [0.25, 0.3) is 0 Å². The highest BCUT2D eigenvalue weighted by molar-refractivity contribution is 5.85. The molecule has 98 valence electrons. The van der Waals surface area contributed by atoms with Crippen molar-refractivity contribution in [2.45, 2.75) is 31.0 Å². The molecule has 2 N–H and O–H groups in total. The first-order valence-electron chi connectivity index (χ1n) is 4.72. The molecule has 0 amide bonds. The van der Waals surface area contributed by atoms with E-state index in [9.17, 15) is 13.2 Å². The highest BCUT2D eigenvalue weighted by Gasteiger charge is 2.64. The summed E-state index contributed by atoms with van der Waals surface area (Å²) in [6.07, 6.45) is -2.54. The summed E-state index contributed by atoms with van der Waals surface area (Å²) in [4.78, 5) is 3.89. The van der Waals surface area contributed by atoms with Crippen LogP contribution in [0.3, 0.4) is 0 Å². The predicted molar refractivity (Wildman–Crippen MR) is 63.6 cm³/mol. The van der Waals surface area contributed by atoms with Crippen molar-refractivity contribution in [3.05, 3.63) is 29.6 Å². The van der Waals surface area contributed by atoms with Gasteiger partial charge in [-0.15, -0.1) is 24.8 Å². The van der Waals surface area contributed by atoms with Crippen molar-refractivity contribution in [2.75, 3.05) is 0 Å². The van der Waals surface area contributed by atoms with E-state index < -0.39 is 11.6 Å². The summed E-state index contributed by atoms with van der Waals surface area (Å²) in [7, 11) is 0. The number of aromatic nitrogens is 1. The molecular formula is C10H13Cl2F3N2. The quantitative estimate of drug-likeness (QED) is 0.909. The molecule has 0 atom stereocenters. The third-order valence-corrected chi connectivity index (χ3v) is 2.88. The van der Waals surface area contributed by atoms with Crippen LogP contribution in [0.4, 0.5) is 13.2 Å². The summed E-state index contributed by atoms with van der Waals surface area (Å²) in [5, 5.41) is 0. The SMILES string of the molecule is Cl.Cl.NCc1ccc(C2(C(F)(F)F)CC2)cn1. The van der Waals surface area contributed by atoms with Crippen LogP contribution in [0, 0.1) is 0 Å². The van der Waals surface area contributed by atoms with Gasteiger partial charge in [0.1, 0.15) is 0 Å². The molecule has 0 unspecified atom stereocenters. The van der Waals surface area contributed by atoms with Crippen molar-refractivity contribution in [2.24, 2.45) is 5.73 Å². The minimum atomic E-state index is -4.17. The fourth-order valence-electron chi connectivity index (χ4n) is 1.69. The van der Waals surface area contributed by atoms with Crippen LogP contribution in [0.1, 0.15) is 24.1 Å². The van der Waals surface area contributed by atoms with Crippen LogP contribution >= 0.6 is 24.8 Å².